The summed E-state index contributed by atoms with van der Waals surface area (Å²) in [6, 6.07) is 9.44. The van der Waals surface area contributed by atoms with Crippen molar-refractivity contribution < 1.29 is 27.5 Å². The predicted octanol–water partition coefficient (Wildman–Crippen LogP) is 2.76. The summed E-state index contributed by atoms with van der Waals surface area (Å²) in [5.41, 5.74) is 1.78. The highest BCUT2D eigenvalue weighted by atomic mass is 32.2. The summed E-state index contributed by atoms with van der Waals surface area (Å²) in [4.78, 5) is 27.7. The highest BCUT2D eigenvalue weighted by molar-refractivity contribution is 7.89. The zero-order valence-corrected chi connectivity index (χ0v) is 20.8. The Morgan fingerprint density at radius 2 is 1.79 bits per heavy atom. The average molecular weight is 490 g/mol. The van der Waals surface area contributed by atoms with E-state index in [1.54, 1.807) is 43.9 Å². The number of benzene rings is 2. The van der Waals surface area contributed by atoms with Crippen molar-refractivity contribution in [1.29, 1.82) is 0 Å². The molecule has 184 valence electrons. The Morgan fingerprint density at radius 1 is 1.12 bits per heavy atom. The van der Waals surface area contributed by atoms with Crippen LogP contribution in [0.3, 0.4) is 0 Å². The van der Waals surface area contributed by atoms with Gasteiger partial charge in [-0.3, -0.25) is 9.59 Å². The summed E-state index contributed by atoms with van der Waals surface area (Å²) in [6.07, 6.45) is 0. The number of ether oxygens (including phenoxy) is 2. The SMILES string of the molecule is CCN(CC)S(=O)(=O)c1cc(C(=O)Nc2cccc(C(=O)N3CCOCC3)c2C)ccc1OC. The first-order valence-electron chi connectivity index (χ1n) is 11.2. The van der Waals surface area contributed by atoms with Gasteiger partial charge in [-0.2, -0.15) is 4.31 Å². The number of carbonyl (C=O) groups is 2. The van der Waals surface area contributed by atoms with Crippen LogP contribution in [0, 0.1) is 6.92 Å². The van der Waals surface area contributed by atoms with Gasteiger partial charge < -0.3 is 19.7 Å². The van der Waals surface area contributed by atoms with Crippen molar-refractivity contribution in [2.24, 2.45) is 0 Å². The molecule has 2 amide bonds. The van der Waals surface area contributed by atoms with Crippen LogP contribution in [-0.2, 0) is 14.8 Å². The number of anilines is 1. The molecular weight excluding hydrogens is 458 g/mol. The first-order valence-corrected chi connectivity index (χ1v) is 12.6. The molecule has 0 aliphatic carbocycles. The molecule has 9 nitrogen and oxygen atoms in total. The van der Waals surface area contributed by atoms with Crippen LogP contribution in [0.5, 0.6) is 5.75 Å². The van der Waals surface area contributed by atoms with Crippen molar-refractivity contribution in [3.8, 4) is 5.75 Å². The minimum atomic E-state index is -3.84. The lowest BCUT2D eigenvalue weighted by Crippen LogP contribution is -2.41. The van der Waals surface area contributed by atoms with Gasteiger partial charge in [0.1, 0.15) is 10.6 Å². The smallest absolute Gasteiger partial charge is 0.255 e. The Labute approximate surface area is 200 Å². The summed E-state index contributed by atoms with van der Waals surface area (Å²) < 4.78 is 38.1. The fourth-order valence-corrected chi connectivity index (χ4v) is 5.50. The van der Waals surface area contributed by atoms with E-state index < -0.39 is 15.9 Å². The normalized spacial score (nSPS) is 14.2. The van der Waals surface area contributed by atoms with Crippen LogP contribution in [0.1, 0.15) is 40.1 Å². The molecule has 0 atom stereocenters. The molecule has 0 saturated carbocycles. The van der Waals surface area contributed by atoms with Crippen molar-refractivity contribution in [2.45, 2.75) is 25.7 Å². The number of carbonyl (C=O) groups excluding carboxylic acids is 2. The van der Waals surface area contributed by atoms with Gasteiger partial charge in [-0.05, 0) is 42.8 Å². The van der Waals surface area contributed by atoms with E-state index in [0.717, 1.165) is 0 Å². The van der Waals surface area contributed by atoms with Gasteiger partial charge in [-0.25, -0.2) is 8.42 Å². The second-order valence-corrected chi connectivity index (χ2v) is 9.70. The van der Waals surface area contributed by atoms with E-state index in [2.05, 4.69) is 5.32 Å². The van der Waals surface area contributed by atoms with Gasteiger partial charge in [0, 0.05) is 43.0 Å². The number of hydrogen-bond acceptors (Lipinski definition) is 6. The van der Waals surface area contributed by atoms with Crippen LogP contribution in [0.25, 0.3) is 0 Å². The van der Waals surface area contributed by atoms with Gasteiger partial charge in [0.05, 0.1) is 20.3 Å². The van der Waals surface area contributed by atoms with Crippen molar-refractivity contribution in [3.63, 3.8) is 0 Å². The molecule has 0 aromatic heterocycles. The lowest BCUT2D eigenvalue weighted by molar-refractivity contribution is 0.0302. The molecule has 1 aliphatic heterocycles. The van der Waals surface area contributed by atoms with Gasteiger partial charge in [0.2, 0.25) is 10.0 Å². The molecule has 1 aliphatic rings. The van der Waals surface area contributed by atoms with Crippen molar-refractivity contribution >= 4 is 27.5 Å². The Kier molecular flexibility index (Phi) is 8.29. The van der Waals surface area contributed by atoms with Crippen molar-refractivity contribution in [1.82, 2.24) is 9.21 Å². The fraction of sp³-hybridized carbons (Fsp3) is 0.417. The molecule has 0 bridgehead atoms. The third-order valence-electron chi connectivity index (χ3n) is 5.86. The first-order chi connectivity index (χ1) is 16.2. The van der Waals surface area contributed by atoms with Gasteiger partial charge in [-0.1, -0.05) is 19.9 Å². The minimum absolute atomic E-state index is 0.0701. The number of methoxy groups -OCH3 is 1. The number of morpholine rings is 1. The van der Waals surface area contributed by atoms with Crippen LogP contribution < -0.4 is 10.1 Å². The zero-order chi connectivity index (χ0) is 24.9. The van der Waals surface area contributed by atoms with Crippen LogP contribution in [-0.4, -0.2) is 75.9 Å². The van der Waals surface area contributed by atoms with E-state index in [4.69, 9.17) is 9.47 Å². The number of amides is 2. The van der Waals surface area contributed by atoms with Gasteiger partial charge in [0.25, 0.3) is 11.8 Å². The summed E-state index contributed by atoms with van der Waals surface area (Å²) in [6.45, 7) is 7.89. The van der Waals surface area contributed by atoms with E-state index in [1.807, 2.05) is 0 Å². The number of hydrogen-bond donors (Lipinski definition) is 1. The number of sulfonamides is 1. The summed E-state index contributed by atoms with van der Waals surface area (Å²) >= 11 is 0. The van der Waals surface area contributed by atoms with E-state index in [1.165, 1.54) is 29.6 Å². The Bertz CT molecular complexity index is 1160. The Balaban J connectivity index is 1.90. The van der Waals surface area contributed by atoms with Crippen LogP contribution >= 0.6 is 0 Å². The maximum Gasteiger partial charge on any atom is 0.255 e. The van der Waals surface area contributed by atoms with E-state index in [-0.39, 0.29) is 22.1 Å². The predicted molar refractivity (Wildman–Crippen MR) is 129 cm³/mol. The molecule has 1 saturated heterocycles. The van der Waals surface area contributed by atoms with E-state index in [9.17, 15) is 18.0 Å². The Morgan fingerprint density at radius 3 is 2.41 bits per heavy atom. The summed E-state index contributed by atoms with van der Waals surface area (Å²) in [7, 11) is -2.46. The molecule has 10 heteroatoms. The maximum absolute atomic E-state index is 13.1. The monoisotopic (exact) mass is 489 g/mol. The number of nitrogens with one attached hydrogen (secondary N) is 1. The third kappa shape index (κ3) is 5.24. The molecule has 2 aromatic carbocycles. The van der Waals surface area contributed by atoms with Crippen LogP contribution in [0.15, 0.2) is 41.3 Å². The molecule has 0 unspecified atom stereocenters. The molecule has 1 fully saturated rings. The van der Waals surface area contributed by atoms with Crippen molar-refractivity contribution in [3.05, 3.63) is 53.1 Å². The molecular formula is C24H31N3O6S. The standard InChI is InChI=1S/C24H31N3O6S/c1-5-27(6-2)34(30,31)22-16-18(10-11-21(22)32-4)23(28)25-20-9-7-8-19(17(20)3)24(29)26-12-14-33-15-13-26/h7-11,16H,5-6,12-15H2,1-4H3,(H,25,28). The zero-order valence-electron chi connectivity index (χ0n) is 20.0. The Hall–Kier alpha value is -2.95. The molecule has 1 heterocycles. The summed E-state index contributed by atoms with van der Waals surface area (Å²) in [5.74, 6) is -0.440. The lowest BCUT2D eigenvalue weighted by atomic mass is 10.0. The second-order valence-electron chi connectivity index (χ2n) is 7.79. The topological polar surface area (TPSA) is 105 Å². The number of nitrogens with zero attached hydrogens (tertiary/aromatic N) is 2. The quantitative estimate of drug-likeness (QED) is 0.611. The molecule has 2 aromatic rings. The van der Waals surface area contributed by atoms with Crippen LogP contribution in [0.2, 0.25) is 0 Å². The average Bonchev–Trinajstić information content (AvgIpc) is 2.85. The van der Waals surface area contributed by atoms with Crippen LogP contribution in [0.4, 0.5) is 5.69 Å². The largest absolute Gasteiger partial charge is 0.495 e. The number of rotatable bonds is 8. The first kappa shape index (κ1) is 25.7. The van der Waals surface area contributed by atoms with Gasteiger partial charge >= 0.3 is 0 Å². The maximum atomic E-state index is 13.1. The molecule has 0 spiro atoms. The molecule has 0 radical (unpaired) electrons. The van der Waals surface area contributed by atoms with Gasteiger partial charge in [-0.15, -0.1) is 0 Å². The highest BCUT2D eigenvalue weighted by Crippen LogP contribution is 2.29. The fourth-order valence-electron chi connectivity index (χ4n) is 3.86. The lowest BCUT2D eigenvalue weighted by Gasteiger charge is -2.27. The summed E-state index contributed by atoms with van der Waals surface area (Å²) in [5, 5.41) is 2.81. The van der Waals surface area contributed by atoms with Gasteiger partial charge in [0.15, 0.2) is 0 Å². The minimum Gasteiger partial charge on any atom is -0.495 e. The molecule has 34 heavy (non-hydrogen) atoms. The van der Waals surface area contributed by atoms with E-state index >= 15 is 0 Å². The highest BCUT2D eigenvalue weighted by Gasteiger charge is 2.27. The van der Waals surface area contributed by atoms with Crippen molar-refractivity contribution in [2.75, 3.05) is 51.8 Å². The molecule has 1 N–H and O–H groups in total. The second kappa shape index (κ2) is 11.0. The third-order valence-corrected chi connectivity index (χ3v) is 7.93. The molecule has 3 rings (SSSR count). The van der Waals surface area contributed by atoms with E-state index in [0.29, 0.717) is 56.2 Å².